The van der Waals surface area contributed by atoms with Gasteiger partial charge in [0.2, 0.25) is 5.91 Å². The zero-order valence-corrected chi connectivity index (χ0v) is 18.6. The minimum atomic E-state index is 0.107. The molecule has 0 N–H and O–H groups in total. The van der Waals surface area contributed by atoms with E-state index in [0.717, 1.165) is 64.0 Å². The summed E-state index contributed by atoms with van der Waals surface area (Å²) in [5.41, 5.74) is 0.283. The second kappa shape index (κ2) is 7.90. The van der Waals surface area contributed by atoms with Crippen LogP contribution in [-0.2, 0) is 15.1 Å². The minimum absolute atomic E-state index is 0.107. The average Bonchev–Trinajstić information content (AvgIpc) is 3.22. The van der Waals surface area contributed by atoms with Crippen molar-refractivity contribution in [2.24, 2.45) is 17.3 Å². The van der Waals surface area contributed by atoms with Crippen LogP contribution in [0, 0.1) is 17.3 Å². The van der Waals surface area contributed by atoms with Gasteiger partial charge in [-0.2, -0.15) is 5.10 Å². The van der Waals surface area contributed by atoms with E-state index in [0.29, 0.717) is 5.91 Å². The molecule has 1 saturated heterocycles. The zero-order valence-electron chi connectivity index (χ0n) is 18.6. The van der Waals surface area contributed by atoms with Gasteiger partial charge < -0.3 is 9.64 Å². The molecule has 6 rings (SSSR count). The van der Waals surface area contributed by atoms with Gasteiger partial charge in [-0.25, -0.2) is 9.67 Å². The van der Waals surface area contributed by atoms with Crippen LogP contribution in [0.4, 0.5) is 0 Å². The van der Waals surface area contributed by atoms with E-state index in [1.807, 2.05) is 6.33 Å². The Hall–Kier alpha value is -1.47. The zero-order chi connectivity index (χ0) is 20.8. The average molecular weight is 416 g/mol. The van der Waals surface area contributed by atoms with Crippen LogP contribution >= 0.6 is 0 Å². The lowest BCUT2D eigenvalue weighted by Gasteiger charge is -2.62. The van der Waals surface area contributed by atoms with E-state index < -0.39 is 0 Å². The third-order valence-electron chi connectivity index (χ3n) is 8.17. The number of aromatic nitrogens is 3. The van der Waals surface area contributed by atoms with Crippen molar-refractivity contribution in [3.05, 3.63) is 12.7 Å². The number of amides is 1. The summed E-state index contributed by atoms with van der Waals surface area (Å²) in [6, 6.07) is 0. The first-order valence-corrected chi connectivity index (χ1v) is 11.9. The molecule has 7 nitrogen and oxygen atoms in total. The van der Waals surface area contributed by atoms with E-state index in [1.165, 1.54) is 32.1 Å². The molecule has 30 heavy (non-hydrogen) atoms. The molecule has 2 unspecified atom stereocenters. The Morgan fingerprint density at radius 3 is 2.50 bits per heavy atom. The van der Waals surface area contributed by atoms with Gasteiger partial charge in [-0.05, 0) is 69.6 Å². The van der Waals surface area contributed by atoms with Crippen molar-refractivity contribution in [1.29, 1.82) is 0 Å². The van der Waals surface area contributed by atoms with Crippen molar-refractivity contribution < 1.29 is 9.53 Å². The molecule has 4 saturated carbocycles. The molecule has 5 fully saturated rings. The Morgan fingerprint density at radius 2 is 1.87 bits per heavy atom. The fourth-order valence-electron chi connectivity index (χ4n) is 7.40. The summed E-state index contributed by atoms with van der Waals surface area (Å²) >= 11 is 0. The molecule has 1 aliphatic heterocycles. The number of ether oxygens (including phenoxy) is 1. The van der Waals surface area contributed by atoms with Crippen molar-refractivity contribution in [2.75, 3.05) is 39.3 Å². The summed E-state index contributed by atoms with van der Waals surface area (Å²) in [6.45, 7) is 9.55. The molecular formula is C23H37N5O2. The highest BCUT2D eigenvalue weighted by atomic mass is 16.5. The molecule has 4 atom stereocenters. The van der Waals surface area contributed by atoms with Crippen molar-refractivity contribution >= 4 is 5.91 Å². The van der Waals surface area contributed by atoms with Crippen LogP contribution < -0.4 is 0 Å². The SMILES string of the molecule is CC(C)OCCN1CCN(C(=O)CC23C[C@H]4C[C@@H](C2)CC(n2cncn2)(C4)C3)CC1. The molecule has 0 radical (unpaired) electrons. The van der Waals surface area contributed by atoms with Gasteiger partial charge in [0.25, 0.3) is 0 Å². The van der Waals surface area contributed by atoms with E-state index in [2.05, 4.69) is 38.4 Å². The molecule has 166 valence electrons. The van der Waals surface area contributed by atoms with Crippen LogP contribution in [0.5, 0.6) is 0 Å². The molecular weight excluding hydrogens is 378 g/mol. The van der Waals surface area contributed by atoms with Crippen LogP contribution in [0.1, 0.15) is 58.8 Å². The summed E-state index contributed by atoms with van der Waals surface area (Å²) in [5.74, 6) is 1.88. The predicted octanol–water partition coefficient (Wildman–Crippen LogP) is 2.53. The summed E-state index contributed by atoms with van der Waals surface area (Å²) in [4.78, 5) is 22.1. The molecule has 1 amide bonds. The largest absolute Gasteiger partial charge is 0.377 e. The normalized spacial score (nSPS) is 36.0. The first-order chi connectivity index (χ1) is 14.5. The number of carbonyl (C=O) groups excluding carboxylic acids is 1. The molecule has 4 aliphatic carbocycles. The highest BCUT2D eigenvalue weighted by Crippen LogP contribution is 2.65. The van der Waals surface area contributed by atoms with E-state index in [1.54, 1.807) is 6.33 Å². The molecule has 1 aromatic heterocycles. The molecule has 0 aromatic carbocycles. The molecule has 0 spiro atoms. The molecule has 5 aliphatic rings. The van der Waals surface area contributed by atoms with Gasteiger partial charge in [-0.3, -0.25) is 9.69 Å². The summed E-state index contributed by atoms with van der Waals surface area (Å²) < 4.78 is 7.82. The first-order valence-electron chi connectivity index (χ1n) is 11.9. The van der Waals surface area contributed by atoms with Gasteiger partial charge in [0, 0.05) is 39.1 Å². The highest BCUT2D eigenvalue weighted by molar-refractivity contribution is 5.77. The van der Waals surface area contributed by atoms with Gasteiger partial charge >= 0.3 is 0 Å². The number of nitrogens with zero attached hydrogens (tertiary/aromatic N) is 5. The summed E-state index contributed by atoms with van der Waals surface area (Å²) in [6.07, 6.45) is 12.0. The van der Waals surface area contributed by atoms with Gasteiger partial charge in [0.15, 0.2) is 0 Å². The van der Waals surface area contributed by atoms with E-state index in [4.69, 9.17) is 4.74 Å². The third kappa shape index (κ3) is 3.91. The van der Waals surface area contributed by atoms with E-state index in [9.17, 15) is 4.79 Å². The number of carbonyl (C=O) groups is 1. The highest BCUT2D eigenvalue weighted by Gasteiger charge is 2.59. The maximum absolute atomic E-state index is 13.3. The Morgan fingerprint density at radius 1 is 1.13 bits per heavy atom. The fourth-order valence-corrected chi connectivity index (χ4v) is 7.40. The lowest BCUT2D eigenvalue weighted by Crippen LogP contribution is -2.58. The van der Waals surface area contributed by atoms with Crippen LogP contribution in [-0.4, -0.2) is 75.9 Å². The first kappa shape index (κ1) is 20.4. The Bertz CT molecular complexity index is 727. The Balaban J connectivity index is 1.20. The Kier molecular flexibility index (Phi) is 5.38. The number of rotatable bonds is 7. The van der Waals surface area contributed by atoms with Crippen LogP contribution in [0.25, 0.3) is 0 Å². The van der Waals surface area contributed by atoms with Crippen molar-refractivity contribution in [3.63, 3.8) is 0 Å². The standard InChI is InChI=1S/C23H37N5O2/c1-18(2)30-8-7-26-3-5-27(6-4-26)21(29)14-22-10-19-9-20(11-22)13-23(12-19,15-22)28-17-24-16-25-28/h16-20H,3-15H2,1-2H3/t19-,20+,22?,23?. The lowest BCUT2D eigenvalue weighted by atomic mass is 9.46. The van der Waals surface area contributed by atoms with Gasteiger partial charge in [0.05, 0.1) is 18.2 Å². The monoisotopic (exact) mass is 415 g/mol. The maximum atomic E-state index is 13.3. The number of piperazine rings is 1. The lowest BCUT2D eigenvalue weighted by molar-refractivity contribution is -0.147. The summed E-state index contributed by atoms with van der Waals surface area (Å²) in [7, 11) is 0. The number of hydrogen-bond donors (Lipinski definition) is 0. The van der Waals surface area contributed by atoms with Crippen LogP contribution in [0.2, 0.25) is 0 Å². The number of hydrogen-bond acceptors (Lipinski definition) is 5. The second-order valence-electron chi connectivity index (χ2n) is 10.8. The van der Waals surface area contributed by atoms with E-state index >= 15 is 0 Å². The smallest absolute Gasteiger partial charge is 0.223 e. The van der Waals surface area contributed by atoms with Gasteiger partial charge in [0.1, 0.15) is 12.7 Å². The molecule has 7 heteroatoms. The Labute approximate surface area is 180 Å². The van der Waals surface area contributed by atoms with Crippen molar-refractivity contribution in [3.8, 4) is 0 Å². The van der Waals surface area contributed by atoms with Gasteiger partial charge in [-0.15, -0.1) is 0 Å². The topological polar surface area (TPSA) is 63.5 Å². The van der Waals surface area contributed by atoms with Crippen molar-refractivity contribution in [2.45, 2.75) is 70.4 Å². The summed E-state index contributed by atoms with van der Waals surface area (Å²) in [5, 5.41) is 4.54. The van der Waals surface area contributed by atoms with E-state index in [-0.39, 0.29) is 17.1 Å². The fraction of sp³-hybridized carbons (Fsp3) is 0.870. The van der Waals surface area contributed by atoms with Crippen molar-refractivity contribution in [1.82, 2.24) is 24.6 Å². The third-order valence-corrected chi connectivity index (χ3v) is 8.17. The molecule has 2 heterocycles. The van der Waals surface area contributed by atoms with Gasteiger partial charge in [-0.1, -0.05) is 0 Å². The predicted molar refractivity (Wildman–Crippen MR) is 114 cm³/mol. The maximum Gasteiger partial charge on any atom is 0.223 e. The molecule has 1 aromatic rings. The minimum Gasteiger partial charge on any atom is -0.377 e. The van der Waals surface area contributed by atoms with Crippen LogP contribution in [0.3, 0.4) is 0 Å². The molecule has 4 bridgehead atoms. The quantitative estimate of drug-likeness (QED) is 0.685. The second-order valence-corrected chi connectivity index (χ2v) is 10.8. The van der Waals surface area contributed by atoms with Crippen LogP contribution in [0.15, 0.2) is 12.7 Å².